The van der Waals surface area contributed by atoms with Gasteiger partial charge in [-0.3, -0.25) is 0 Å². The fourth-order valence-electron chi connectivity index (χ4n) is 1.53. The van der Waals surface area contributed by atoms with E-state index in [-0.39, 0.29) is 6.04 Å². The Morgan fingerprint density at radius 2 is 2.06 bits per heavy atom. The van der Waals surface area contributed by atoms with Gasteiger partial charge >= 0.3 is 7.75 Å². The third-order valence-corrected chi connectivity index (χ3v) is 2.88. The average Bonchev–Trinajstić information content (AvgIpc) is 2.15. The van der Waals surface area contributed by atoms with Crippen LogP contribution in [0, 0.1) is 0 Å². The van der Waals surface area contributed by atoms with Crippen molar-refractivity contribution in [1.82, 2.24) is 5.09 Å². The fourth-order valence-corrected chi connectivity index (χ4v) is 2.20. The highest BCUT2D eigenvalue weighted by Crippen LogP contribution is 2.30. The summed E-state index contributed by atoms with van der Waals surface area (Å²) in [6, 6.07) is 7.08. The van der Waals surface area contributed by atoms with Gasteiger partial charge in [0, 0.05) is 6.04 Å². The Kier molecular flexibility index (Phi) is 4.50. The van der Waals surface area contributed by atoms with Crippen LogP contribution in [0.15, 0.2) is 24.3 Å². The van der Waals surface area contributed by atoms with Gasteiger partial charge < -0.3 is 14.5 Å². The minimum atomic E-state index is -4.17. The van der Waals surface area contributed by atoms with Gasteiger partial charge in [-0.15, -0.1) is 0 Å². The van der Waals surface area contributed by atoms with Gasteiger partial charge in [0.05, 0.1) is 7.11 Å². The lowest BCUT2D eigenvalue weighted by molar-refractivity contribution is 0.348. The van der Waals surface area contributed by atoms with Crippen LogP contribution >= 0.6 is 7.75 Å². The summed E-state index contributed by atoms with van der Waals surface area (Å²) in [4.78, 5) is 17.5. The van der Waals surface area contributed by atoms with E-state index in [4.69, 9.17) is 14.5 Å². The molecule has 0 spiro atoms. The molecule has 90 valence electrons. The number of methoxy groups -OCH3 is 1. The molecule has 1 atom stereocenters. The zero-order valence-electron chi connectivity index (χ0n) is 9.25. The van der Waals surface area contributed by atoms with E-state index in [2.05, 4.69) is 5.09 Å². The molecule has 0 bridgehead atoms. The smallest absolute Gasteiger partial charge is 0.400 e. The van der Waals surface area contributed by atoms with Crippen LogP contribution in [0.2, 0.25) is 0 Å². The summed E-state index contributed by atoms with van der Waals surface area (Å²) < 4.78 is 15.9. The molecule has 1 aromatic carbocycles. The van der Waals surface area contributed by atoms with Gasteiger partial charge in [0.2, 0.25) is 0 Å². The van der Waals surface area contributed by atoms with Crippen LogP contribution in [0.4, 0.5) is 0 Å². The lowest BCUT2D eigenvalue weighted by Crippen LogP contribution is -2.25. The Labute approximate surface area is 94.7 Å². The normalized spacial score (nSPS) is 13.5. The summed E-state index contributed by atoms with van der Waals surface area (Å²) in [5, 5.41) is 2.23. The maximum absolute atomic E-state index is 10.7. The van der Waals surface area contributed by atoms with E-state index in [9.17, 15) is 4.57 Å². The number of hydrogen-bond donors (Lipinski definition) is 3. The van der Waals surface area contributed by atoms with Crippen molar-refractivity contribution in [2.75, 3.05) is 7.11 Å². The topological polar surface area (TPSA) is 78.8 Å². The number of ether oxygens (including phenoxy) is 1. The van der Waals surface area contributed by atoms with E-state index in [1.54, 1.807) is 14.0 Å². The molecule has 0 aliphatic heterocycles. The molecular weight excluding hydrogens is 229 g/mol. The number of rotatable bonds is 5. The monoisotopic (exact) mass is 245 g/mol. The molecule has 16 heavy (non-hydrogen) atoms. The molecule has 5 nitrogen and oxygen atoms in total. The van der Waals surface area contributed by atoms with E-state index in [0.29, 0.717) is 6.42 Å². The molecule has 1 unspecified atom stereocenters. The first-order valence-corrected chi connectivity index (χ1v) is 6.49. The van der Waals surface area contributed by atoms with Gasteiger partial charge in [-0.25, -0.2) is 9.65 Å². The molecule has 0 aliphatic rings. The Morgan fingerprint density at radius 1 is 1.44 bits per heavy atom. The first kappa shape index (κ1) is 13.2. The third-order valence-electron chi connectivity index (χ3n) is 2.11. The zero-order valence-corrected chi connectivity index (χ0v) is 10.1. The maximum atomic E-state index is 10.7. The molecule has 0 aliphatic carbocycles. The predicted molar refractivity (Wildman–Crippen MR) is 61.3 cm³/mol. The first-order valence-electron chi connectivity index (χ1n) is 4.87. The molecule has 0 saturated carbocycles. The van der Waals surface area contributed by atoms with Gasteiger partial charge in [-0.2, -0.15) is 0 Å². The van der Waals surface area contributed by atoms with Gasteiger partial charge in [-0.05, 0) is 25.0 Å². The summed E-state index contributed by atoms with van der Waals surface area (Å²) >= 11 is 0. The van der Waals surface area contributed by atoms with Crippen molar-refractivity contribution >= 4 is 7.75 Å². The Bertz CT molecular complexity index is 390. The van der Waals surface area contributed by atoms with Crippen LogP contribution in [0.25, 0.3) is 0 Å². The van der Waals surface area contributed by atoms with Crippen molar-refractivity contribution in [1.29, 1.82) is 0 Å². The second kappa shape index (κ2) is 5.46. The first-order chi connectivity index (χ1) is 7.42. The summed E-state index contributed by atoms with van der Waals surface area (Å²) in [5.74, 6) is 0.724. The highest BCUT2D eigenvalue weighted by Gasteiger charge is 2.17. The van der Waals surface area contributed by atoms with Crippen molar-refractivity contribution in [3.8, 4) is 5.75 Å². The molecule has 0 fully saturated rings. The number of nitrogens with one attached hydrogen (secondary N) is 1. The largest absolute Gasteiger partial charge is 0.496 e. The van der Waals surface area contributed by atoms with Crippen molar-refractivity contribution in [2.45, 2.75) is 19.4 Å². The molecule has 0 radical (unpaired) electrons. The number of para-hydroxylation sites is 1. The van der Waals surface area contributed by atoms with E-state index in [0.717, 1.165) is 11.3 Å². The highest BCUT2D eigenvalue weighted by molar-refractivity contribution is 7.49. The fraction of sp³-hybridized carbons (Fsp3) is 0.400. The minimum absolute atomic E-state index is 0.322. The minimum Gasteiger partial charge on any atom is -0.496 e. The van der Waals surface area contributed by atoms with Crippen LogP contribution in [0.1, 0.15) is 12.5 Å². The maximum Gasteiger partial charge on any atom is 0.400 e. The molecule has 0 saturated heterocycles. The van der Waals surface area contributed by atoms with Crippen LogP contribution in [0.5, 0.6) is 5.75 Å². The quantitative estimate of drug-likeness (QED) is 0.681. The Morgan fingerprint density at radius 3 is 2.62 bits per heavy atom. The van der Waals surface area contributed by atoms with Crippen molar-refractivity contribution in [2.24, 2.45) is 0 Å². The summed E-state index contributed by atoms with van der Waals surface area (Å²) in [5.41, 5.74) is 0.915. The molecule has 1 rings (SSSR count). The molecule has 0 heterocycles. The van der Waals surface area contributed by atoms with Crippen molar-refractivity contribution in [3.05, 3.63) is 29.8 Å². The van der Waals surface area contributed by atoms with Gasteiger partial charge in [0.25, 0.3) is 0 Å². The van der Waals surface area contributed by atoms with Crippen molar-refractivity contribution < 1.29 is 19.1 Å². The number of hydrogen-bond acceptors (Lipinski definition) is 2. The highest BCUT2D eigenvalue weighted by atomic mass is 31.2. The van der Waals surface area contributed by atoms with E-state index in [1.807, 2.05) is 24.3 Å². The lowest BCUT2D eigenvalue weighted by Gasteiger charge is -2.16. The standard InChI is InChI=1S/C10H16NO4P/c1-8(11-16(12,13)14)7-9-5-3-4-6-10(9)15-2/h3-6,8H,7H2,1-2H3,(H3,11,12,13,14). The molecule has 0 aromatic heterocycles. The average molecular weight is 245 g/mol. The molecule has 6 heteroatoms. The summed E-state index contributed by atoms with van der Waals surface area (Å²) in [6.07, 6.45) is 0.495. The molecule has 3 N–H and O–H groups in total. The molecule has 0 amide bonds. The zero-order chi connectivity index (χ0) is 12.2. The van der Waals surface area contributed by atoms with E-state index < -0.39 is 7.75 Å². The Hall–Kier alpha value is -0.870. The van der Waals surface area contributed by atoms with Gasteiger partial charge in [-0.1, -0.05) is 18.2 Å². The summed E-state index contributed by atoms with van der Waals surface area (Å²) in [7, 11) is -2.60. The second-order valence-electron chi connectivity index (χ2n) is 3.59. The number of benzene rings is 1. The molecule has 1 aromatic rings. The lowest BCUT2D eigenvalue weighted by atomic mass is 10.1. The SMILES string of the molecule is COc1ccccc1CC(C)NP(=O)(O)O. The third kappa shape index (κ3) is 4.33. The van der Waals surface area contributed by atoms with Crippen LogP contribution in [-0.4, -0.2) is 22.9 Å². The van der Waals surface area contributed by atoms with E-state index >= 15 is 0 Å². The van der Waals surface area contributed by atoms with Crippen molar-refractivity contribution in [3.63, 3.8) is 0 Å². The van der Waals surface area contributed by atoms with Crippen LogP contribution in [0.3, 0.4) is 0 Å². The van der Waals surface area contributed by atoms with Crippen LogP contribution in [-0.2, 0) is 11.0 Å². The van der Waals surface area contributed by atoms with Gasteiger partial charge in [0.15, 0.2) is 0 Å². The van der Waals surface area contributed by atoms with Gasteiger partial charge in [0.1, 0.15) is 5.75 Å². The predicted octanol–water partition coefficient (Wildman–Crippen LogP) is 1.31. The van der Waals surface area contributed by atoms with E-state index in [1.165, 1.54) is 0 Å². The van der Waals surface area contributed by atoms with Crippen LogP contribution < -0.4 is 9.82 Å². The molecular formula is C10H16NO4P. The Balaban J connectivity index is 2.69. The summed E-state index contributed by atoms with van der Waals surface area (Å²) in [6.45, 7) is 1.71. The second-order valence-corrected chi connectivity index (χ2v) is 4.94.